The van der Waals surface area contributed by atoms with E-state index in [1.807, 2.05) is 6.07 Å². The minimum absolute atomic E-state index is 0.148. The molecule has 0 heterocycles. The van der Waals surface area contributed by atoms with Crippen molar-refractivity contribution in [3.05, 3.63) is 71.3 Å². The van der Waals surface area contributed by atoms with Crippen LogP contribution >= 0.6 is 0 Å². The third-order valence-corrected chi connectivity index (χ3v) is 5.89. The Balaban J connectivity index is 1.81. The fourth-order valence-electron chi connectivity index (χ4n) is 5.00. The van der Waals surface area contributed by atoms with Gasteiger partial charge in [-0.1, -0.05) is 48.6 Å². The van der Waals surface area contributed by atoms with Crippen LogP contribution in [0.15, 0.2) is 54.6 Å². The molecule has 1 fully saturated rings. The fourth-order valence-corrected chi connectivity index (χ4v) is 5.00. The molecule has 0 amide bonds. The van der Waals surface area contributed by atoms with Gasteiger partial charge in [-0.15, -0.1) is 0 Å². The van der Waals surface area contributed by atoms with E-state index in [9.17, 15) is 4.79 Å². The highest BCUT2D eigenvalue weighted by atomic mass is 16.1. The van der Waals surface area contributed by atoms with Crippen molar-refractivity contribution >= 4 is 5.78 Å². The molecule has 108 valence electrons. The Morgan fingerprint density at radius 3 is 2.32 bits per heavy atom. The van der Waals surface area contributed by atoms with Gasteiger partial charge in [-0.05, 0) is 65.3 Å². The molecule has 4 unspecified atom stereocenters. The van der Waals surface area contributed by atoms with E-state index < -0.39 is 0 Å². The number of benzene rings is 2. The highest BCUT2D eigenvalue weighted by Crippen LogP contribution is 2.62. The average molecular weight is 286 g/mol. The van der Waals surface area contributed by atoms with E-state index in [-0.39, 0.29) is 5.78 Å². The Bertz CT molecular complexity index is 830. The highest BCUT2D eigenvalue weighted by molar-refractivity contribution is 5.96. The summed E-state index contributed by atoms with van der Waals surface area (Å²) in [6, 6.07) is 15.1. The van der Waals surface area contributed by atoms with Crippen LogP contribution in [-0.2, 0) is 0 Å². The lowest BCUT2D eigenvalue weighted by Crippen LogP contribution is -2.21. The first kappa shape index (κ1) is 12.4. The number of allylic oxidation sites excluding steroid dienone is 2. The first-order valence-electron chi connectivity index (χ1n) is 8.16. The maximum atomic E-state index is 11.8. The number of hydrogen-bond acceptors (Lipinski definition) is 1. The number of rotatable bonds is 1. The van der Waals surface area contributed by atoms with E-state index in [0.29, 0.717) is 23.7 Å². The van der Waals surface area contributed by atoms with Crippen LogP contribution in [0.5, 0.6) is 0 Å². The lowest BCUT2D eigenvalue weighted by Gasteiger charge is -2.36. The fraction of sp³-hybridized carbons (Fsp3) is 0.286. The zero-order valence-corrected chi connectivity index (χ0v) is 12.6. The molecule has 1 saturated carbocycles. The normalized spacial score (nSPS) is 29.9. The molecule has 3 aliphatic carbocycles. The highest BCUT2D eigenvalue weighted by Gasteiger charge is 2.49. The van der Waals surface area contributed by atoms with Gasteiger partial charge in [-0.2, -0.15) is 0 Å². The number of fused-ring (bicyclic) bond motifs is 10. The second kappa shape index (κ2) is 4.19. The Morgan fingerprint density at radius 1 is 0.909 bits per heavy atom. The lowest BCUT2D eigenvalue weighted by atomic mass is 9.67. The first-order valence-corrected chi connectivity index (χ1v) is 8.16. The molecule has 1 nitrogen and oxygen atoms in total. The maximum absolute atomic E-state index is 11.8. The molecule has 1 heteroatoms. The zero-order chi connectivity index (χ0) is 14.8. The number of carbonyl (C=O) groups is 1. The largest absolute Gasteiger partial charge is 0.295 e. The molecule has 5 rings (SSSR count). The van der Waals surface area contributed by atoms with Gasteiger partial charge in [0, 0.05) is 5.56 Å². The van der Waals surface area contributed by atoms with Crippen LogP contribution in [0.25, 0.3) is 11.1 Å². The molecule has 0 spiro atoms. The van der Waals surface area contributed by atoms with Crippen LogP contribution in [0.3, 0.4) is 0 Å². The molecule has 0 aromatic heterocycles. The second-order valence-corrected chi connectivity index (χ2v) is 6.95. The topological polar surface area (TPSA) is 17.1 Å². The van der Waals surface area contributed by atoms with Crippen LogP contribution in [0.4, 0.5) is 0 Å². The van der Waals surface area contributed by atoms with Crippen molar-refractivity contribution in [3.8, 4) is 11.1 Å². The summed E-state index contributed by atoms with van der Waals surface area (Å²) < 4.78 is 0. The van der Waals surface area contributed by atoms with Crippen molar-refractivity contribution in [1.82, 2.24) is 0 Å². The summed E-state index contributed by atoms with van der Waals surface area (Å²) in [4.78, 5) is 11.8. The van der Waals surface area contributed by atoms with Crippen LogP contribution in [0.2, 0.25) is 0 Å². The van der Waals surface area contributed by atoms with Gasteiger partial charge in [-0.3, -0.25) is 4.79 Å². The zero-order valence-electron chi connectivity index (χ0n) is 12.6. The van der Waals surface area contributed by atoms with Crippen molar-refractivity contribution in [3.63, 3.8) is 0 Å². The molecule has 22 heavy (non-hydrogen) atoms. The SMILES string of the molecule is CC(=O)c1ccc2c(c1)-c1ccccc1C1C3C=CC(C3)C21. The van der Waals surface area contributed by atoms with Crippen LogP contribution in [0.1, 0.15) is 46.7 Å². The Kier molecular flexibility index (Phi) is 2.36. The monoisotopic (exact) mass is 286 g/mol. The standard InChI is InChI=1S/C21H18O/c1-12(22)13-8-9-18-19(11-13)16-4-2-3-5-17(16)20-14-6-7-15(10-14)21(18)20/h2-9,11,14-15,20-21H,10H2,1H3. The van der Waals surface area contributed by atoms with Gasteiger partial charge in [0.1, 0.15) is 0 Å². The van der Waals surface area contributed by atoms with Crippen molar-refractivity contribution in [2.45, 2.75) is 25.2 Å². The van der Waals surface area contributed by atoms with Gasteiger partial charge in [0.25, 0.3) is 0 Å². The van der Waals surface area contributed by atoms with Gasteiger partial charge >= 0.3 is 0 Å². The maximum Gasteiger partial charge on any atom is 0.159 e. The third-order valence-electron chi connectivity index (χ3n) is 5.89. The van der Waals surface area contributed by atoms with E-state index in [2.05, 4.69) is 48.6 Å². The minimum atomic E-state index is 0.148. The minimum Gasteiger partial charge on any atom is -0.295 e. The van der Waals surface area contributed by atoms with E-state index in [0.717, 1.165) is 5.56 Å². The van der Waals surface area contributed by atoms with Gasteiger partial charge in [0.2, 0.25) is 0 Å². The lowest BCUT2D eigenvalue weighted by molar-refractivity contribution is 0.101. The molecule has 2 aromatic carbocycles. The van der Waals surface area contributed by atoms with E-state index in [1.165, 1.54) is 28.7 Å². The number of carbonyl (C=O) groups excluding carboxylic acids is 1. The van der Waals surface area contributed by atoms with E-state index in [4.69, 9.17) is 0 Å². The first-order chi connectivity index (χ1) is 10.7. The summed E-state index contributed by atoms with van der Waals surface area (Å²) in [5.74, 6) is 2.74. The predicted octanol–water partition coefficient (Wildman–Crippen LogP) is 4.94. The molecule has 0 N–H and O–H groups in total. The summed E-state index contributed by atoms with van der Waals surface area (Å²) in [6.07, 6.45) is 6.14. The predicted molar refractivity (Wildman–Crippen MR) is 88.1 cm³/mol. The molecular formula is C21H18O. The molecule has 0 aliphatic heterocycles. The van der Waals surface area contributed by atoms with Gasteiger partial charge in [0.05, 0.1) is 0 Å². The summed E-state index contributed by atoms with van der Waals surface area (Å²) in [5.41, 5.74) is 6.38. The molecule has 3 aliphatic rings. The molecular weight excluding hydrogens is 268 g/mol. The van der Waals surface area contributed by atoms with Gasteiger partial charge < -0.3 is 0 Å². The molecule has 2 bridgehead atoms. The summed E-state index contributed by atoms with van der Waals surface area (Å²) in [6.45, 7) is 1.65. The van der Waals surface area contributed by atoms with Crippen LogP contribution in [0, 0.1) is 11.8 Å². The quantitative estimate of drug-likeness (QED) is 0.536. The van der Waals surface area contributed by atoms with Crippen LogP contribution in [-0.4, -0.2) is 5.78 Å². The second-order valence-electron chi connectivity index (χ2n) is 6.95. The van der Waals surface area contributed by atoms with Crippen molar-refractivity contribution in [2.75, 3.05) is 0 Å². The summed E-state index contributed by atoms with van der Waals surface area (Å²) in [5, 5.41) is 0. The van der Waals surface area contributed by atoms with Crippen molar-refractivity contribution < 1.29 is 4.79 Å². The van der Waals surface area contributed by atoms with E-state index >= 15 is 0 Å². The number of hydrogen-bond donors (Lipinski definition) is 0. The van der Waals surface area contributed by atoms with E-state index in [1.54, 1.807) is 6.92 Å². The van der Waals surface area contributed by atoms with Gasteiger partial charge in [0.15, 0.2) is 5.78 Å². The molecule has 4 atom stereocenters. The number of ketones is 1. The summed E-state index contributed by atoms with van der Waals surface area (Å²) >= 11 is 0. The number of Topliss-reactive ketones (excluding diaryl/α,β-unsaturated/α-hetero) is 1. The van der Waals surface area contributed by atoms with Crippen LogP contribution < -0.4 is 0 Å². The molecule has 0 radical (unpaired) electrons. The van der Waals surface area contributed by atoms with Crippen molar-refractivity contribution in [1.29, 1.82) is 0 Å². The third kappa shape index (κ3) is 1.46. The summed E-state index contributed by atoms with van der Waals surface area (Å²) in [7, 11) is 0. The van der Waals surface area contributed by atoms with Gasteiger partial charge in [-0.25, -0.2) is 0 Å². The Hall–Kier alpha value is -2.15. The molecule has 2 aromatic rings. The smallest absolute Gasteiger partial charge is 0.159 e. The Labute approximate surface area is 130 Å². The Morgan fingerprint density at radius 2 is 1.59 bits per heavy atom. The van der Waals surface area contributed by atoms with Crippen molar-refractivity contribution in [2.24, 2.45) is 11.8 Å². The average Bonchev–Trinajstić information content (AvgIpc) is 3.16. The molecule has 0 saturated heterocycles.